The maximum Gasteiger partial charge on any atom is 0.325 e. The van der Waals surface area contributed by atoms with Crippen molar-refractivity contribution in [3.05, 3.63) is 48.0 Å². The molecule has 2 heterocycles. The number of carbonyl (C=O) groups excluding carboxylic acids is 3. The minimum Gasteiger partial charge on any atom is -0.497 e. The van der Waals surface area contributed by atoms with E-state index >= 15 is 0 Å². The SMILES string of the molecule is COc1ccc(C2(C)NC(=O)N(CC(=O)NCCOc3ccc4c(c3)OCO4)C2=O)cc1. The number of hydrogen-bond acceptors (Lipinski definition) is 7. The van der Waals surface area contributed by atoms with Crippen molar-refractivity contribution in [1.82, 2.24) is 15.5 Å². The monoisotopic (exact) mass is 441 g/mol. The van der Waals surface area contributed by atoms with E-state index in [0.29, 0.717) is 28.6 Å². The Morgan fingerprint density at radius 1 is 1.12 bits per heavy atom. The molecule has 0 aromatic heterocycles. The molecule has 0 bridgehead atoms. The van der Waals surface area contributed by atoms with Gasteiger partial charge in [0, 0.05) is 6.07 Å². The maximum absolute atomic E-state index is 12.9. The lowest BCUT2D eigenvalue weighted by molar-refractivity contribution is -0.134. The fraction of sp³-hybridized carbons (Fsp3) is 0.318. The molecule has 0 radical (unpaired) electrons. The molecule has 0 saturated carbocycles. The number of methoxy groups -OCH3 is 1. The maximum atomic E-state index is 12.9. The number of benzene rings is 2. The molecule has 2 N–H and O–H groups in total. The molecule has 1 atom stereocenters. The predicted octanol–water partition coefficient (Wildman–Crippen LogP) is 1.39. The van der Waals surface area contributed by atoms with Gasteiger partial charge in [-0.15, -0.1) is 0 Å². The normalized spacial score (nSPS) is 19.0. The number of urea groups is 1. The molecule has 2 aromatic rings. The van der Waals surface area contributed by atoms with Crippen LogP contribution in [-0.2, 0) is 15.1 Å². The Hall–Kier alpha value is -3.95. The molecule has 1 saturated heterocycles. The topological polar surface area (TPSA) is 115 Å². The third kappa shape index (κ3) is 4.11. The average molecular weight is 441 g/mol. The van der Waals surface area contributed by atoms with Gasteiger partial charge in [-0.25, -0.2) is 4.79 Å². The Kier molecular flexibility index (Phi) is 5.76. The van der Waals surface area contributed by atoms with E-state index in [1.807, 2.05) is 0 Å². The first kappa shape index (κ1) is 21.3. The zero-order valence-electron chi connectivity index (χ0n) is 17.7. The standard InChI is InChI=1S/C22H23N3O7/c1-22(14-3-5-15(29-2)6-4-14)20(27)25(21(28)24-22)12-19(26)23-9-10-30-16-7-8-17-18(11-16)32-13-31-17/h3-8,11H,9-10,12-13H2,1-2H3,(H,23,26)(H,24,28). The highest BCUT2D eigenvalue weighted by atomic mass is 16.7. The molecule has 32 heavy (non-hydrogen) atoms. The van der Waals surface area contributed by atoms with E-state index in [-0.39, 0.29) is 26.5 Å². The van der Waals surface area contributed by atoms with Crippen LogP contribution in [0.15, 0.2) is 42.5 Å². The number of nitrogens with one attached hydrogen (secondary N) is 2. The molecule has 2 aliphatic heterocycles. The van der Waals surface area contributed by atoms with Gasteiger partial charge in [0.2, 0.25) is 12.7 Å². The second-order valence-corrected chi connectivity index (χ2v) is 7.39. The van der Waals surface area contributed by atoms with Crippen LogP contribution in [0, 0.1) is 0 Å². The zero-order chi connectivity index (χ0) is 22.7. The van der Waals surface area contributed by atoms with Crippen molar-refractivity contribution >= 4 is 17.8 Å². The fourth-order valence-electron chi connectivity index (χ4n) is 3.49. The minimum absolute atomic E-state index is 0.176. The van der Waals surface area contributed by atoms with Crippen LogP contribution in [-0.4, -0.2) is 56.3 Å². The molecule has 1 fully saturated rings. The summed E-state index contributed by atoms with van der Waals surface area (Å²) in [5.74, 6) is 1.49. The summed E-state index contributed by atoms with van der Waals surface area (Å²) in [7, 11) is 1.54. The molecule has 4 amide bonds. The Balaban J connectivity index is 1.28. The van der Waals surface area contributed by atoms with E-state index in [0.717, 1.165) is 4.90 Å². The summed E-state index contributed by atoms with van der Waals surface area (Å²) in [6.07, 6.45) is 0. The predicted molar refractivity (Wildman–Crippen MR) is 112 cm³/mol. The van der Waals surface area contributed by atoms with Crippen LogP contribution in [0.5, 0.6) is 23.0 Å². The molecule has 4 rings (SSSR count). The molecule has 10 heteroatoms. The first-order valence-electron chi connectivity index (χ1n) is 9.98. The first-order chi connectivity index (χ1) is 15.4. The van der Waals surface area contributed by atoms with Crippen LogP contribution in [0.1, 0.15) is 12.5 Å². The second-order valence-electron chi connectivity index (χ2n) is 7.39. The van der Waals surface area contributed by atoms with Crippen LogP contribution in [0.2, 0.25) is 0 Å². The number of carbonyl (C=O) groups is 3. The van der Waals surface area contributed by atoms with Gasteiger partial charge in [0.1, 0.15) is 30.2 Å². The van der Waals surface area contributed by atoms with E-state index in [9.17, 15) is 14.4 Å². The van der Waals surface area contributed by atoms with Gasteiger partial charge < -0.3 is 29.6 Å². The average Bonchev–Trinajstić information content (AvgIpc) is 3.35. The van der Waals surface area contributed by atoms with Gasteiger partial charge in [-0.3, -0.25) is 14.5 Å². The zero-order valence-corrected chi connectivity index (χ0v) is 17.7. The lowest BCUT2D eigenvalue weighted by Gasteiger charge is -2.22. The summed E-state index contributed by atoms with van der Waals surface area (Å²) >= 11 is 0. The Bertz CT molecular complexity index is 1040. The van der Waals surface area contributed by atoms with Gasteiger partial charge in [0.05, 0.1) is 13.7 Å². The van der Waals surface area contributed by atoms with E-state index in [1.54, 1.807) is 56.5 Å². The van der Waals surface area contributed by atoms with E-state index in [1.165, 1.54) is 0 Å². The Morgan fingerprint density at radius 2 is 1.84 bits per heavy atom. The third-order valence-corrected chi connectivity index (χ3v) is 5.28. The number of amides is 4. The van der Waals surface area contributed by atoms with Gasteiger partial charge in [0.15, 0.2) is 11.5 Å². The smallest absolute Gasteiger partial charge is 0.325 e. The number of imide groups is 1. The van der Waals surface area contributed by atoms with Crippen LogP contribution in [0.4, 0.5) is 4.79 Å². The summed E-state index contributed by atoms with van der Waals surface area (Å²) in [6.45, 7) is 1.80. The molecule has 2 aromatic carbocycles. The van der Waals surface area contributed by atoms with Crippen LogP contribution < -0.4 is 29.6 Å². The number of fused-ring (bicyclic) bond motifs is 1. The van der Waals surface area contributed by atoms with Crippen molar-refractivity contribution in [1.29, 1.82) is 0 Å². The molecule has 0 spiro atoms. The second kappa shape index (κ2) is 8.66. The van der Waals surface area contributed by atoms with Crippen LogP contribution in [0.25, 0.3) is 0 Å². The molecular weight excluding hydrogens is 418 g/mol. The van der Waals surface area contributed by atoms with Crippen molar-refractivity contribution in [3.8, 4) is 23.0 Å². The van der Waals surface area contributed by atoms with Crippen molar-refractivity contribution in [2.75, 3.05) is 33.6 Å². The highest BCUT2D eigenvalue weighted by molar-refractivity contribution is 6.09. The van der Waals surface area contributed by atoms with Gasteiger partial charge in [-0.05, 0) is 36.8 Å². The van der Waals surface area contributed by atoms with Gasteiger partial charge in [-0.1, -0.05) is 12.1 Å². The summed E-state index contributed by atoms with van der Waals surface area (Å²) in [4.78, 5) is 38.5. The van der Waals surface area contributed by atoms with Crippen LogP contribution >= 0.6 is 0 Å². The minimum atomic E-state index is -1.26. The van der Waals surface area contributed by atoms with Crippen molar-refractivity contribution in [3.63, 3.8) is 0 Å². The van der Waals surface area contributed by atoms with E-state index in [4.69, 9.17) is 18.9 Å². The number of hydrogen-bond donors (Lipinski definition) is 2. The number of rotatable bonds is 8. The van der Waals surface area contributed by atoms with Crippen molar-refractivity contribution < 1.29 is 33.3 Å². The quantitative estimate of drug-likeness (QED) is 0.470. The molecule has 10 nitrogen and oxygen atoms in total. The Morgan fingerprint density at radius 3 is 2.59 bits per heavy atom. The van der Waals surface area contributed by atoms with Crippen LogP contribution in [0.3, 0.4) is 0 Å². The lowest BCUT2D eigenvalue weighted by Crippen LogP contribution is -2.43. The molecule has 2 aliphatic rings. The fourth-order valence-corrected chi connectivity index (χ4v) is 3.49. The molecule has 0 aliphatic carbocycles. The number of nitrogens with zero attached hydrogens (tertiary/aromatic N) is 1. The number of ether oxygens (including phenoxy) is 4. The van der Waals surface area contributed by atoms with Crippen molar-refractivity contribution in [2.24, 2.45) is 0 Å². The summed E-state index contributed by atoms with van der Waals surface area (Å²) in [6, 6.07) is 11.4. The lowest BCUT2D eigenvalue weighted by atomic mass is 9.92. The van der Waals surface area contributed by atoms with Gasteiger partial charge in [-0.2, -0.15) is 0 Å². The highest BCUT2D eigenvalue weighted by Crippen LogP contribution is 2.35. The third-order valence-electron chi connectivity index (χ3n) is 5.28. The van der Waals surface area contributed by atoms with E-state index in [2.05, 4.69) is 10.6 Å². The van der Waals surface area contributed by atoms with E-state index < -0.39 is 23.4 Å². The highest BCUT2D eigenvalue weighted by Gasteiger charge is 2.49. The van der Waals surface area contributed by atoms with Crippen molar-refractivity contribution in [2.45, 2.75) is 12.5 Å². The molecular formula is C22H23N3O7. The van der Waals surface area contributed by atoms with Gasteiger partial charge in [0.25, 0.3) is 5.91 Å². The van der Waals surface area contributed by atoms with Gasteiger partial charge >= 0.3 is 6.03 Å². The molecule has 1 unspecified atom stereocenters. The molecule has 168 valence electrons. The first-order valence-corrected chi connectivity index (χ1v) is 9.98. The largest absolute Gasteiger partial charge is 0.497 e. The summed E-state index contributed by atoms with van der Waals surface area (Å²) in [5.41, 5.74) is -0.664. The Labute approximate surface area is 184 Å². The summed E-state index contributed by atoms with van der Waals surface area (Å²) < 4.78 is 21.2. The summed E-state index contributed by atoms with van der Waals surface area (Å²) in [5, 5.41) is 5.31.